The number of aliphatic hydroxyl groups is 1. The lowest BCUT2D eigenvalue weighted by molar-refractivity contribution is 0.199. The van der Waals surface area contributed by atoms with Crippen LogP contribution in [-0.2, 0) is 17.8 Å². The van der Waals surface area contributed by atoms with E-state index in [0.717, 1.165) is 38.1 Å². The molecule has 2 N–H and O–H groups in total. The number of nitrogens with zero attached hydrogens (tertiary/aromatic N) is 2. The molecule has 0 amide bonds. The number of aromatic nitrogens is 2. The van der Waals surface area contributed by atoms with Crippen molar-refractivity contribution in [3.63, 3.8) is 0 Å². The first-order chi connectivity index (χ1) is 9.86. The average molecular weight is 277 g/mol. The van der Waals surface area contributed by atoms with E-state index >= 15 is 0 Å². The van der Waals surface area contributed by atoms with E-state index in [1.807, 2.05) is 12.3 Å². The molecule has 0 atom stereocenters. The number of pyridine rings is 1. The topological polar surface area (TPSA) is 59.3 Å². The van der Waals surface area contributed by atoms with Crippen molar-refractivity contribution in [3.05, 3.63) is 30.1 Å². The van der Waals surface area contributed by atoms with Crippen LogP contribution >= 0.6 is 0 Å². The Balaban J connectivity index is 2.09. The summed E-state index contributed by atoms with van der Waals surface area (Å²) in [7, 11) is 1.71. The quantitative estimate of drug-likeness (QED) is 0.683. The molecule has 0 radical (unpaired) electrons. The molecule has 2 aromatic heterocycles. The molecule has 110 valence electrons. The van der Waals surface area contributed by atoms with Crippen LogP contribution in [0.15, 0.2) is 24.5 Å². The summed E-state index contributed by atoms with van der Waals surface area (Å²) in [5.41, 5.74) is 2.28. The van der Waals surface area contributed by atoms with E-state index < -0.39 is 0 Å². The summed E-state index contributed by atoms with van der Waals surface area (Å²) in [6.07, 6.45) is 5.78. The van der Waals surface area contributed by atoms with E-state index in [1.165, 1.54) is 10.9 Å². The summed E-state index contributed by atoms with van der Waals surface area (Å²) < 4.78 is 7.21. The minimum atomic E-state index is 0.248. The second kappa shape index (κ2) is 7.99. The van der Waals surface area contributed by atoms with Gasteiger partial charge >= 0.3 is 0 Å². The number of hydrogen-bond acceptors (Lipinski definition) is 4. The molecule has 2 rings (SSSR count). The molecule has 0 aliphatic heterocycles. The number of unbranched alkanes of at least 4 members (excludes halogenated alkanes) is 1. The van der Waals surface area contributed by atoms with Crippen LogP contribution in [0.1, 0.15) is 18.4 Å². The molecule has 0 fully saturated rings. The molecule has 20 heavy (non-hydrogen) atoms. The van der Waals surface area contributed by atoms with Crippen molar-refractivity contribution < 1.29 is 9.84 Å². The smallest absolute Gasteiger partial charge is 0.140 e. The zero-order valence-electron chi connectivity index (χ0n) is 12.0. The number of aryl methyl sites for hydroxylation is 1. The summed E-state index contributed by atoms with van der Waals surface area (Å²) >= 11 is 0. The van der Waals surface area contributed by atoms with Gasteiger partial charge in [0.1, 0.15) is 5.65 Å². The van der Waals surface area contributed by atoms with E-state index in [9.17, 15) is 0 Å². The first kappa shape index (κ1) is 15.0. The minimum absolute atomic E-state index is 0.248. The molecule has 0 saturated carbocycles. The lowest BCUT2D eigenvalue weighted by atomic mass is 10.2. The first-order valence-electron chi connectivity index (χ1n) is 7.10. The van der Waals surface area contributed by atoms with Gasteiger partial charge < -0.3 is 19.7 Å². The monoisotopic (exact) mass is 277 g/mol. The fourth-order valence-corrected chi connectivity index (χ4v) is 2.30. The Kier molecular flexibility index (Phi) is 5.98. The van der Waals surface area contributed by atoms with Crippen molar-refractivity contribution in [2.75, 3.05) is 26.9 Å². The van der Waals surface area contributed by atoms with Gasteiger partial charge in [0, 0.05) is 51.1 Å². The molecule has 0 aromatic carbocycles. The van der Waals surface area contributed by atoms with Gasteiger partial charge in [-0.3, -0.25) is 0 Å². The summed E-state index contributed by atoms with van der Waals surface area (Å²) in [5.74, 6) is 0. The number of fused-ring (bicyclic) bond motifs is 1. The normalized spacial score (nSPS) is 11.3. The summed E-state index contributed by atoms with van der Waals surface area (Å²) in [6.45, 7) is 3.52. The molecule has 0 aliphatic carbocycles. The Morgan fingerprint density at radius 2 is 2.30 bits per heavy atom. The lowest BCUT2D eigenvalue weighted by Gasteiger charge is -2.03. The van der Waals surface area contributed by atoms with Crippen LogP contribution < -0.4 is 5.32 Å². The summed E-state index contributed by atoms with van der Waals surface area (Å²) in [6, 6.07) is 4.08. The molecule has 2 aromatic rings. The second-order valence-corrected chi connectivity index (χ2v) is 4.82. The molecular formula is C15H23N3O2. The maximum Gasteiger partial charge on any atom is 0.140 e. The summed E-state index contributed by atoms with van der Waals surface area (Å²) in [5, 5.41) is 13.4. The van der Waals surface area contributed by atoms with E-state index in [1.54, 1.807) is 7.11 Å². The molecule has 0 saturated heterocycles. The van der Waals surface area contributed by atoms with E-state index in [4.69, 9.17) is 9.84 Å². The predicted molar refractivity (Wildman–Crippen MR) is 79.6 cm³/mol. The maximum atomic E-state index is 8.88. The van der Waals surface area contributed by atoms with E-state index in [-0.39, 0.29) is 6.61 Å². The number of rotatable bonds is 9. The average Bonchev–Trinajstić information content (AvgIpc) is 2.83. The fourth-order valence-electron chi connectivity index (χ4n) is 2.30. The highest BCUT2D eigenvalue weighted by Crippen LogP contribution is 2.19. The maximum absolute atomic E-state index is 8.88. The van der Waals surface area contributed by atoms with Gasteiger partial charge in [0.2, 0.25) is 0 Å². The fraction of sp³-hybridized carbons (Fsp3) is 0.533. The Bertz CT molecular complexity index is 525. The number of aliphatic hydroxyl groups excluding tert-OH is 1. The van der Waals surface area contributed by atoms with Gasteiger partial charge in [0.15, 0.2) is 0 Å². The Morgan fingerprint density at radius 3 is 3.10 bits per heavy atom. The van der Waals surface area contributed by atoms with Crippen molar-refractivity contribution in [2.45, 2.75) is 25.9 Å². The number of ether oxygens (including phenoxy) is 1. The van der Waals surface area contributed by atoms with E-state index in [2.05, 4.69) is 27.1 Å². The molecule has 5 heteroatoms. The van der Waals surface area contributed by atoms with Gasteiger partial charge in [0.05, 0.1) is 6.61 Å². The van der Waals surface area contributed by atoms with Gasteiger partial charge in [-0.15, -0.1) is 0 Å². The standard InChI is InChI=1S/C15H23N3O2/c1-20-10-7-16-11-13-12-18(8-2-3-9-19)15-14(13)5-4-6-17-15/h4-6,12,16,19H,2-3,7-11H2,1H3. The third kappa shape index (κ3) is 3.79. The second-order valence-electron chi connectivity index (χ2n) is 4.82. The van der Waals surface area contributed by atoms with Crippen molar-refractivity contribution in [1.29, 1.82) is 0 Å². The zero-order valence-corrected chi connectivity index (χ0v) is 12.0. The zero-order chi connectivity index (χ0) is 14.2. The van der Waals surface area contributed by atoms with Crippen molar-refractivity contribution in [2.24, 2.45) is 0 Å². The molecular weight excluding hydrogens is 254 g/mol. The van der Waals surface area contributed by atoms with Crippen molar-refractivity contribution >= 4 is 11.0 Å². The van der Waals surface area contributed by atoms with Gasteiger partial charge in [-0.25, -0.2) is 4.98 Å². The number of methoxy groups -OCH3 is 1. The number of nitrogens with one attached hydrogen (secondary N) is 1. The molecule has 0 aliphatic rings. The van der Waals surface area contributed by atoms with E-state index in [0.29, 0.717) is 6.61 Å². The minimum Gasteiger partial charge on any atom is -0.396 e. The lowest BCUT2D eigenvalue weighted by Crippen LogP contribution is -2.18. The molecule has 0 bridgehead atoms. The van der Waals surface area contributed by atoms with Crippen LogP contribution in [0.4, 0.5) is 0 Å². The molecule has 5 nitrogen and oxygen atoms in total. The summed E-state index contributed by atoms with van der Waals surface area (Å²) in [4.78, 5) is 4.47. The molecule has 0 unspecified atom stereocenters. The van der Waals surface area contributed by atoms with Crippen LogP contribution in [0.5, 0.6) is 0 Å². The Morgan fingerprint density at radius 1 is 1.40 bits per heavy atom. The first-order valence-corrected chi connectivity index (χ1v) is 7.10. The van der Waals surface area contributed by atoms with Gasteiger partial charge in [-0.05, 0) is 30.5 Å². The Labute approximate surface area is 119 Å². The van der Waals surface area contributed by atoms with Crippen LogP contribution in [-0.4, -0.2) is 41.5 Å². The third-order valence-electron chi connectivity index (χ3n) is 3.32. The molecule has 0 spiro atoms. The van der Waals surface area contributed by atoms with Gasteiger partial charge in [-0.1, -0.05) is 0 Å². The largest absolute Gasteiger partial charge is 0.396 e. The van der Waals surface area contributed by atoms with Crippen LogP contribution in [0.25, 0.3) is 11.0 Å². The van der Waals surface area contributed by atoms with Crippen LogP contribution in [0, 0.1) is 0 Å². The Hall–Kier alpha value is -1.43. The predicted octanol–water partition coefficient (Wildman–Crippen LogP) is 1.54. The third-order valence-corrected chi connectivity index (χ3v) is 3.32. The highest BCUT2D eigenvalue weighted by molar-refractivity contribution is 5.80. The van der Waals surface area contributed by atoms with Gasteiger partial charge in [-0.2, -0.15) is 0 Å². The highest BCUT2D eigenvalue weighted by Gasteiger charge is 2.08. The van der Waals surface area contributed by atoms with Crippen molar-refractivity contribution in [3.8, 4) is 0 Å². The van der Waals surface area contributed by atoms with Gasteiger partial charge in [0.25, 0.3) is 0 Å². The SMILES string of the molecule is COCCNCc1cn(CCCCO)c2ncccc12. The molecule has 2 heterocycles. The van der Waals surface area contributed by atoms with Crippen molar-refractivity contribution in [1.82, 2.24) is 14.9 Å². The highest BCUT2D eigenvalue weighted by atomic mass is 16.5. The van der Waals surface area contributed by atoms with Crippen LogP contribution in [0.3, 0.4) is 0 Å². The number of hydrogen-bond donors (Lipinski definition) is 2. The van der Waals surface area contributed by atoms with Crippen LogP contribution in [0.2, 0.25) is 0 Å².